The molecule has 0 radical (unpaired) electrons. The summed E-state index contributed by atoms with van der Waals surface area (Å²) in [4.78, 5) is 13.2. The van der Waals surface area contributed by atoms with Crippen LogP contribution >= 0.6 is 0 Å². The summed E-state index contributed by atoms with van der Waals surface area (Å²) >= 11 is 0. The van der Waals surface area contributed by atoms with Crippen LogP contribution in [0.25, 0.3) is 0 Å². The number of ether oxygens (including phenoxy) is 1. The third-order valence-electron chi connectivity index (χ3n) is 2.68. The molecule has 5 nitrogen and oxygen atoms in total. The Morgan fingerprint density at radius 3 is 2.69 bits per heavy atom. The van der Waals surface area contributed by atoms with Crippen LogP contribution in [0.3, 0.4) is 0 Å². The van der Waals surface area contributed by atoms with Crippen LogP contribution < -0.4 is 16.4 Å². The molecular formula is C11H15N3O2. The number of amides is 1. The fourth-order valence-electron chi connectivity index (χ4n) is 1.81. The summed E-state index contributed by atoms with van der Waals surface area (Å²) < 4.78 is 5.25. The minimum atomic E-state index is -0.391. The summed E-state index contributed by atoms with van der Waals surface area (Å²) in [5.41, 5.74) is 12.6. The van der Waals surface area contributed by atoms with E-state index < -0.39 is 6.04 Å². The lowest BCUT2D eigenvalue weighted by Gasteiger charge is -2.35. The molecule has 0 spiro atoms. The number of primary amides is 1. The topological polar surface area (TPSA) is 81.6 Å². The van der Waals surface area contributed by atoms with Gasteiger partial charge in [0.05, 0.1) is 13.2 Å². The first-order valence-electron chi connectivity index (χ1n) is 5.18. The molecule has 0 aromatic heterocycles. The van der Waals surface area contributed by atoms with Gasteiger partial charge in [0.2, 0.25) is 5.91 Å². The zero-order valence-corrected chi connectivity index (χ0v) is 8.93. The van der Waals surface area contributed by atoms with E-state index in [0.29, 0.717) is 25.4 Å². The third kappa shape index (κ3) is 2.09. The Labute approximate surface area is 94.0 Å². The van der Waals surface area contributed by atoms with E-state index in [1.807, 2.05) is 29.2 Å². The lowest BCUT2D eigenvalue weighted by atomic mass is 10.1. The van der Waals surface area contributed by atoms with Gasteiger partial charge in [0, 0.05) is 17.9 Å². The van der Waals surface area contributed by atoms with Crippen LogP contribution in [0, 0.1) is 0 Å². The highest BCUT2D eigenvalue weighted by atomic mass is 16.5. The van der Waals surface area contributed by atoms with Crippen molar-refractivity contribution < 1.29 is 9.53 Å². The number of carbonyl (C=O) groups excluding carboxylic acids is 1. The summed E-state index contributed by atoms with van der Waals surface area (Å²) in [6.45, 7) is 1.62. The predicted molar refractivity (Wildman–Crippen MR) is 62.0 cm³/mol. The summed E-state index contributed by atoms with van der Waals surface area (Å²) in [6, 6.07) is 7.00. The van der Waals surface area contributed by atoms with Crippen LogP contribution in [0.5, 0.6) is 0 Å². The average molecular weight is 221 g/mol. The second-order valence-corrected chi connectivity index (χ2v) is 3.78. The van der Waals surface area contributed by atoms with Crippen molar-refractivity contribution in [3.63, 3.8) is 0 Å². The number of anilines is 2. The van der Waals surface area contributed by atoms with Crippen molar-refractivity contribution in [1.82, 2.24) is 0 Å². The van der Waals surface area contributed by atoms with E-state index in [1.165, 1.54) is 0 Å². The number of nitrogen functional groups attached to an aromatic ring is 1. The number of benzene rings is 1. The fraction of sp³-hybridized carbons (Fsp3) is 0.364. The van der Waals surface area contributed by atoms with Gasteiger partial charge in [0.15, 0.2) is 0 Å². The maximum atomic E-state index is 11.3. The normalized spacial score (nSPS) is 20.8. The van der Waals surface area contributed by atoms with Crippen LogP contribution in [-0.4, -0.2) is 31.7 Å². The standard InChI is InChI=1S/C11H15N3O2/c12-8-1-3-9(4-2-8)14-5-6-16-7-10(14)11(13)15/h1-4,10H,5-7,12H2,(H2,13,15). The molecule has 2 rings (SSSR count). The molecule has 1 aromatic carbocycles. The minimum absolute atomic E-state index is 0.347. The fourth-order valence-corrected chi connectivity index (χ4v) is 1.81. The number of nitrogens with two attached hydrogens (primary N) is 2. The zero-order chi connectivity index (χ0) is 11.5. The molecule has 1 atom stereocenters. The second-order valence-electron chi connectivity index (χ2n) is 3.78. The van der Waals surface area contributed by atoms with E-state index in [1.54, 1.807) is 0 Å². The molecule has 1 unspecified atom stereocenters. The summed E-state index contributed by atoms with van der Waals surface area (Å²) in [7, 11) is 0. The maximum absolute atomic E-state index is 11.3. The number of hydrogen-bond donors (Lipinski definition) is 2. The van der Waals surface area contributed by atoms with Crippen LogP contribution in [0.1, 0.15) is 0 Å². The van der Waals surface area contributed by atoms with E-state index in [2.05, 4.69) is 0 Å². The lowest BCUT2D eigenvalue weighted by Crippen LogP contribution is -2.52. The Morgan fingerprint density at radius 2 is 2.06 bits per heavy atom. The van der Waals surface area contributed by atoms with E-state index in [-0.39, 0.29) is 5.91 Å². The molecule has 16 heavy (non-hydrogen) atoms. The predicted octanol–water partition coefficient (Wildman–Crippen LogP) is -0.0407. The molecular weight excluding hydrogens is 206 g/mol. The van der Waals surface area contributed by atoms with E-state index in [9.17, 15) is 4.79 Å². The molecule has 1 aliphatic rings. The van der Waals surface area contributed by atoms with Gasteiger partial charge in [-0.05, 0) is 24.3 Å². The van der Waals surface area contributed by atoms with Crippen molar-refractivity contribution in [1.29, 1.82) is 0 Å². The first kappa shape index (κ1) is 10.8. The lowest BCUT2D eigenvalue weighted by molar-refractivity contribution is -0.121. The first-order valence-corrected chi connectivity index (χ1v) is 5.18. The molecule has 0 saturated carbocycles. The minimum Gasteiger partial charge on any atom is -0.399 e. The van der Waals surface area contributed by atoms with Crippen LogP contribution in [0.2, 0.25) is 0 Å². The molecule has 1 aliphatic heterocycles. The number of morpholine rings is 1. The maximum Gasteiger partial charge on any atom is 0.242 e. The second kappa shape index (κ2) is 4.40. The molecule has 1 saturated heterocycles. The van der Waals surface area contributed by atoms with Gasteiger partial charge in [0.1, 0.15) is 6.04 Å². The molecule has 1 fully saturated rings. The Bertz CT molecular complexity index is 377. The Hall–Kier alpha value is -1.75. The van der Waals surface area contributed by atoms with E-state index in [4.69, 9.17) is 16.2 Å². The van der Waals surface area contributed by atoms with Crippen LogP contribution in [0.15, 0.2) is 24.3 Å². The monoisotopic (exact) mass is 221 g/mol. The number of nitrogens with zero attached hydrogens (tertiary/aromatic N) is 1. The quantitative estimate of drug-likeness (QED) is 0.686. The van der Waals surface area contributed by atoms with Crippen molar-refractivity contribution >= 4 is 17.3 Å². The molecule has 0 aliphatic carbocycles. The van der Waals surface area contributed by atoms with Gasteiger partial charge in [-0.1, -0.05) is 0 Å². The highest BCUT2D eigenvalue weighted by molar-refractivity contribution is 5.84. The van der Waals surface area contributed by atoms with Gasteiger partial charge in [-0.3, -0.25) is 4.79 Å². The highest BCUT2D eigenvalue weighted by Gasteiger charge is 2.27. The summed E-state index contributed by atoms with van der Waals surface area (Å²) in [6.07, 6.45) is 0. The Kier molecular flexibility index (Phi) is 2.96. The molecule has 0 bridgehead atoms. The average Bonchev–Trinajstić information content (AvgIpc) is 2.30. The Morgan fingerprint density at radius 1 is 1.38 bits per heavy atom. The highest BCUT2D eigenvalue weighted by Crippen LogP contribution is 2.20. The molecule has 1 amide bonds. The zero-order valence-electron chi connectivity index (χ0n) is 8.93. The van der Waals surface area contributed by atoms with Gasteiger partial charge in [-0.15, -0.1) is 0 Å². The SMILES string of the molecule is NC(=O)C1COCCN1c1ccc(N)cc1. The molecule has 86 valence electrons. The van der Waals surface area contributed by atoms with Gasteiger partial charge < -0.3 is 21.1 Å². The van der Waals surface area contributed by atoms with Gasteiger partial charge >= 0.3 is 0 Å². The molecule has 1 aromatic rings. The van der Waals surface area contributed by atoms with E-state index >= 15 is 0 Å². The summed E-state index contributed by atoms with van der Waals surface area (Å²) in [5, 5.41) is 0. The van der Waals surface area contributed by atoms with Crippen molar-refractivity contribution in [2.75, 3.05) is 30.4 Å². The van der Waals surface area contributed by atoms with Crippen molar-refractivity contribution in [2.24, 2.45) is 5.73 Å². The number of rotatable bonds is 2. The smallest absolute Gasteiger partial charge is 0.242 e. The molecule has 1 heterocycles. The van der Waals surface area contributed by atoms with Gasteiger partial charge in [-0.25, -0.2) is 0 Å². The van der Waals surface area contributed by atoms with Crippen LogP contribution in [0.4, 0.5) is 11.4 Å². The Balaban J connectivity index is 2.23. The van der Waals surface area contributed by atoms with Crippen LogP contribution in [-0.2, 0) is 9.53 Å². The van der Waals surface area contributed by atoms with Crippen molar-refractivity contribution in [3.8, 4) is 0 Å². The first-order chi connectivity index (χ1) is 7.68. The van der Waals surface area contributed by atoms with Gasteiger partial charge in [0.25, 0.3) is 0 Å². The van der Waals surface area contributed by atoms with Crippen molar-refractivity contribution in [3.05, 3.63) is 24.3 Å². The van der Waals surface area contributed by atoms with Crippen molar-refractivity contribution in [2.45, 2.75) is 6.04 Å². The summed E-state index contributed by atoms with van der Waals surface area (Å²) in [5.74, 6) is -0.364. The van der Waals surface area contributed by atoms with Gasteiger partial charge in [-0.2, -0.15) is 0 Å². The third-order valence-corrected chi connectivity index (χ3v) is 2.68. The number of carbonyl (C=O) groups is 1. The largest absolute Gasteiger partial charge is 0.399 e. The number of hydrogen-bond acceptors (Lipinski definition) is 4. The molecule has 4 N–H and O–H groups in total. The molecule has 5 heteroatoms. The van der Waals surface area contributed by atoms with E-state index in [0.717, 1.165) is 5.69 Å².